The molecule has 2 rings (SSSR count). The Morgan fingerprint density at radius 1 is 1.16 bits per heavy atom. The lowest BCUT2D eigenvalue weighted by Crippen LogP contribution is -2.53. The Balaban J connectivity index is 0.00000312. The number of nitrogens with one attached hydrogen (secondary N) is 2. The van der Waals surface area contributed by atoms with Gasteiger partial charge in [-0.2, -0.15) is 11.8 Å². The maximum absolute atomic E-state index is 4.29. The number of piperazine rings is 1. The number of rotatable bonds is 7. The first-order chi connectivity index (χ1) is 11.7. The molecule has 0 radical (unpaired) electrons. The van der Waals surface area contributed by atoms with Crippen LogP contribution < -0.4 is 15.5 Å². The molecular weight excluding hydrogens is 445 g/mol. The summed E-state index contributed by atoms with van der Waals surface area (Å²) in [5.41, 5.74) is 1.33. The van der Waals surface area contributed by atoms with E-state index in [-0.39, 0.29) is 24.0 Å². The zero-order valence-corrected chi connectivity index (χ0v) is 18.7. The van der Waals surface area contributed by atoms with Gasteiger partial charge in [0.2, 0.25) is 0 Å². The van der Waals surface area contributed by atoms with Crippen LogP contribution >= 0.6 is 35.7 Å². The van der Waals surface area contributed by atoms with Gasteiger partial charge in [0.1, 0.15) is 0 Å². The van der Waals surface area contributed by atoms with E-state index in [4.69, 9.17) is 0 Å². The molecule has 142 valence electrons. The molecule has 1 fully saturated rings. The molecular formula is C18H32IN5S. The zero-order chi connectivity index (χ0) is 17.2. The van der Waals surface area contributed by atoms with Crippen molar-refractivity contribution in [2.24, 2.45) is 4.99 Å². The van der Waals surface area contributed by atoms with E-state index >= 15 is 0 Å². The molecule has 1 aromatic rings. The van der Waals surface area contributed by atoms with E-state index in [1.165, 1.54) is 5.69 Å². The molecule has 1 heterocycles. The largest absolute Gasteiger partial charge is 0.369 e. The molecule has 0 bridgehead atoms. The zero-order valence-electron chi connectivity index (χ0n) is 15.6. The van der Waals surface area contributed by atoms with Crippen LogP contribution in [-0.2, 0) is 0 Å². The van der Waals surface area contributed by atoms with Crippen molar-refractivity contribution in [3.8, 4) is 0 Å². The fourth-order valence-electron chi connectivity index (χ4n) is 2.93. The summed E-state index contributed by atoms with van der Waals surface area (Å²) in [7, 11) is 1.83. The first-order valence-corrected chi connectivity index (χ1v) is 10.1. The van der Waals surface area contributed by atoms with Gasteiger partial charge in [-0.15, -0.1) is 24.0 Å². The summed E-state index contributed by atoms with van der Waals surface area (Å²) in [6, 6.07) is 11.2. The van der Waals surface area contributed by atoms with Crippen LogP contribution in [0, 0.1) is 0 Å². The Kier molecular flexibility index (Phi) is 11.3. The first-order valence-electron chi connectivity index (χ1n) is 8.72. The number of hydrogen-bond acceptors (Lipinski definition) is 4. The quantitative estimate of drug-likeness (QED) is 0.273. The number of halogens is 1. The molecule has 1 aromatic carbocycles. The molecule has 0 aliphatic carbocycles. The number of hydrogen-bond donors (Lipinski definition) is 2. The SMILES string of the molecule is CN=C(NCCSC)NCC(C)N1CCN(c2ccccc2)CC1.I. The third-order valence-electron chi connectivity index (χ3n) is 4.45. The Hall–Kier alpha value is -0.670. The highest BCUT2D eigenvalue weighted by Crippen LogP contribution is 2.16. The molecule has 2 N–H and O–H groups in total. The van der Waals surface area contributed by atoms with Crippen LogP contribution in [0.2, 0.25) is 0 Å². The second-order valence-corrected chi connectivity index (χ2v) is 7.07. The van der Waals surface area contributed by atoms with Gasteiger partial charge in [0.05, 0.1) is 0 Å². The third kappa shape index (κ3) is 7.62. The molecule has 1 atom stereocenters. The van der Waals surface area contributed by atoms with Crippen molar-refractivity contribution in [3.05, 3.63) is 30.3 Å². The predicted molar refractivity (Wildman–Crippen MR) is 123 cm³/mol. The molecule has 1 aliphatic rings. The predicted octanol–water partition coefficient (Wildman–Crippen LogP) is 2.34. The highest BCUT2D eigenvalue weighted by Gasteiger charge is 2.21. The van der Waals surface area contributed by atoms with Crippen LogP contribution in [0.4, 0.5) is 5.69 Å². The first kappa shape index (κ1) is 22.4. The summed E-state index contributed by atoms with van der Waals surface area (Å²) in [6.45, 7) is 8.56. The average molecular weight is 477 g/mol. The topological polar surface area (TPSA) is 42.9 Å². The van der Waals surface area contributed by atoms with Gasteiger partial charge in [-0.1, -0.05) is 18.2 Å². The van der Waals surface area contributed by atoms with E-state index in [9.17, 15) is 0 Å². The van der Waals surface area contributed by atoms with Crippen LogP contribution in [0.1, 0.15) is 6.92 Å². The van der Waals surface area contributed by atoms with E-state index in [0.29, 0.717) is 6.04 Å². The minimum atomic E-state index is 0. The molecule has 0 spiro atoms. The van der Waals surface area contributed by atoms with Gasteiger partial charge in [0.25, 0.3) is 0 Å². The van der Waals surface area contributed by atoms with E-state index in [1.54, 1.807) is 0 Å². The lowest BCUT2D eigenvalue weighted by Gasteiger charge is -2.39. The van der Waals surface area contributed by atoms with Crippen LogP contribution in [0.3, 0.4) is 0 Å². The molecule has 0 aromatic heterocycles. The Bertz CT molecular complexity index is 491. The summed E-state index contributed by atoms with van der Waals surface area (Å²) in [5, 5.41) is 6.79. The highest BCUT2D eigenvalue weighted by atomic mass is 127. The number of guanidine groups is 1. The van der Waals surface area contributed by atoms with Crippen molar-refractivity contribution in [1.82, 2.24) is 15.5 Å². The fourth-order valence-corrected chi connectivity index (χ4v) is 3.23. The highest BCUT2D eigenvalue weighted by molar-refractivity contribution is 14.0. The smallest absolute Gasteiger partial charge is 0.191 e. The van der Waals surface area contributed by atoms with Crippen molar-refractivity contribution in [2.75, 3.05) is 63.2 Å². The van der Waals surface area contributed by atoms with Crippen molar-refractivity contribution in [3.63, 3.8) is 0 Å². The molecule has 1 unspecified atom stereocenters. The van der Waals surface area contributed by atoms with Crippen LogP contribution in [0.15, 0.2) is 35.3 Å². The Morgan fingerprint density at radius 2 is 1.84 bits per heavy atom. The van der Waals surface area contributed by atoms with Crippen LogP contribution in [0.25, 0.3) is 0 Å². The van der Waals surface area contributed by atoms with Crippen molar-refractivity contribution < 1.29 is 0 Å². The standard InChI is InChI=1S/C18H31N5S.HI/c1-16(15-21-18(19-2)20-9-14-24-3)22-10-12-23(13-11-22)17-7-5-4-6-8-17;/h4-8,16H,9-15H2,1-3H3,(H2,19,20,21);1H. The summed E-state index contributed by atoms with van der Waals surface area (Å²) in [6.07, 6.45) is 2.12. The minimum absolute atomic E-state index is 0. The Labute approximate surface area is 174 Å². The van der Waals surface area contributed by atoms with Crippen molar-refractivity contribution in [1.29, 1.82) is 0 Å². The van der Waals surface area contributed by atoms with Gasteiger partial charge < -0.3 is 15.5 Å². The molecule has 7 heteroatoms. The van der Waals surface area contributed by atoms with Crippen LogP contribution in [-0.4, -0.2) is 75.2 Å². The van der Waals surface area contributed by atoms with Gasteiger partial charge in [-0.3, -0.25) is 9.89 Å². The van der Waals surface area contributed by atoms with Gasteiger partial charge >= 0.3 is 0 Å². The molecule has 5 nitrogen and oxygen atoms in total. The summed E-state index contributed by atoms with van der Waals surface area (Å²) in [4.78, 5) is 9.32. The average Bonchev–Trinajstić information content (AvgIpc) is 2.65. The normalized spacial score (nSPS) is 16.9. The van der Waals surface area contributed by atoms with Crippen molar-refractivity contribution >= 4 is 47.4 Å². The number of anilines is 1. The number of para-hydroxylation sites is 1. The third-order valence-corrected chi connectivity index (χ3v) is 5.06. The molecule has 25 heavy (non-hydrogen) atoms. The monoisotopic (exact) mass is 477 g/mol. The van der Waals surface area contributed by atoms with Gasteiger partial charge in [-0.05, 0) is 25.3 Å². The lowest BCUT2D eigenvalue weighted by atomic mass is 10.2. The summed E-state index contributed by atoms with van der Waals surface area (Å²) in [5.74, 6) is 2.00. The van der Waals surface area contributed by atoms with E-state index in [2.05, 4.69) is 68.9 Å². The van der Waals surface area contributed by atoms with Crippen molar-refractivity contribution in [2.45, 2.75) is 13.0 Å². The number of aliphatic imine (C=N–C) groups is 1. The fraction of sp³-hybridized carbons (Fsp3) is 0.611. The Morgan fingerprint density at radius 3 is 2.44 bits per heavy atom. The number of nitrogens with zero attached hydrogens (tertiary/aromatic N) is 3. The lowest BCUT2D eigenvalue weighted by molar-refractivity contribution is 0.197. The van der Waals surface area contributed by atoms with Gasteiger partial charge in [-0.25, -0.2) is 0 Å². The maximum atomic E-state index is 4.29. The second-order valence-electron chi connectivity index (χ2n) is 6.08. The van der Waals surface area contributed by atoms with Gasteiger partial charge in [0, 0.05) is 63.8 Å². The minimum Gasteiger partial charge on any atom is -0.369 e. The summed E-state index contributed by atoms with van der Waals surface area (Å²) >= 11 is 1.84. The summed E-state index contributed by atoms with van der Waals surface area (Å²) < 4.78 is 0. The molecule has 1 saturated heterocycles. The second kappa shape index (κ2) is 12.6. The van der Waals surface area contributed by atoms with E-state index < -0.39 is 0 Å². The van der Waals surface area contributed by atoms with Gasteiger partial charge in [0.15, 0.2) is 5.96 Å². The molecule has 1 aliphatic heterocycles. The molecule has 0 amide bonds. The number of thioether (sulfide) groups is 1. The van der Waals surface area contributed by atoms with Crippen LogP contribution in [0.5, 0.6) is 0 Å². The molecule has 0 saturated carbocycles. The number of benzene rings is 1. The maximum Gasteiger partial charge on any atom is 0.191 e. The van der Waals surface area contributed by atoms with E-state index in [0.717, 1.165) is 51.0 Å². The van der Waals surface area contributed by atoms with E-state index in [1.807, 2.05) is 18.8 Å².